The summed E-state index contributed by atoms with van der Waals surface area (Å²) in [6.45, 7) is 4.84. The van der Waals surface area contributed by atoms with Gasteiger partial charge in [0.15, 0.2) is 0 Å². The second-order valence-corrected chi connectivity index (χ2v) is 4.74. The van der Waals surface area contributed by atoms with Crippen molar-refractivity contribution in [3.63, 3.8) is 0 Å². The predicted molar refractivity (Wildman–Crippen MR) is 79.2 cm³/mol. The maximum absolute atomic E-state index is 11.7. The Morgan fingerprint density at radius 3 is 2.84 bits per heavy atom. The van der Waals surface area contributed by atoms with E-state index in [2.05, 4.69) is 12.2 Å². The summed E-state index contributed by atoms with van der Waals surface area (Å²) in [4.78, 5) is 11.7. The fourth-order valence-corrected chi connectivity index (χ4v) is 1.76. The van der Waals surface area contributed by atoms with Gasteiger partial charge in [0.2, 0.25) is 5.91 Å². The summed E-state index contributed by atoms with van der Waals surface area (Å²) >= 11 is 0. The van der Waals surface area contributed by atoms with E-state index in [9.17, 15) is 4.79 Å². The quantitative estimate of drug-likeness (QED) is 0.560. The minimum Gasteiger partial charge on any atom is -0.399 e. The summed E-state index contributed by atoms with van der Waals surface area (Å²) in [6.07, 6.45) is 4.60. The fourth-order valence-electron chi connectivity index (χ4n) is 1.76. The van der Waals surface area contributed by atoms with Gasteiger partial charge in [-0.3, -0.25) is 4.79 Å². The highest BCUT2D eigenvalue weighted by Crippen LogP contribution is 2.17. The van der Waals surface area contributed by atoms with Gasteiger partial charge < -0.3 is 15.8 Å². The van der Waals surface area contributed by atoms with Crippen molar-refractivity contribution in [2.45, 2.75) is 39.5 Å². The molecule has 19 heavy (non-hydrogen) atoms. The van der Waals surface area contributed by atoms with Crippen molar-refractivity contribution in [3.8, 4) is 0 Å². The van der Waals surface area contributed by atoms with E-state index >= 15 is 0 Å². The number of carbonyl (C=O) groups is 1. The standard InChI is InChI=1S/C15H24N2O2/c1-3-4-5-6-9-19-11-15(18)17-14-10-13(16)8-7-12(14)2/h7-8,10H,3-6,9,11,16H2,1-2H3,(H,17,18). The minimum absolute atomic E-state index is 0.0976. The van der Waals surface area contributed by atoms with E-state index in [-0.39, 0.29) is 12.5 Å². The molecule has 0 atom stereocenters. The number of aryl methyl sites for hydroxylation is 1. The van der Waals surface area contributed by atoms with Crippen LogP contribution in [0.5, 0.6) is 0 Å². The second kappa shape index (κ2) is 8.53. The van der Waals surface area contributed by atoms with Gasteiger partial charge in [-0.05, 0) is 31.0 Å². The lowest BCUT2D eigenvalue weighted by molar-refractivity contribution is -0.120. The van der Waals surface area contributed by atoms with Crippen LogP contribution < -0.4 is 11.1 Å². The van der Waals surface area contributed by atoms with Crippen LogP contribution in [0.25, 0.3) is 0 Å². The molecule has 1 aromatic rings. The Bertz CT molecular complexity index is 405. The zero-order chi connectivity index (χ0) is 14.1. The number of nitrogen functional groups attached to an aromatic ring is 1. The van der Waals surface area contributed by atoms with Crippen molar-refractivity contribution in [3.05, 3.63) is 23.8 Å². The molecule has 0 heterocycles. The van der Waals surface area contributed by atoms with Crippen LogP contribution in [0.4, 0.5) is 11.4 Å². The third-order valence-corrected chi connectivity index (χ3v) is 2.91. The summed E-state index contributed by atoms with van der Waals surface area (Å²) < 4.78 is 5.34. The first-order valence-corrected chi connectivity index (χ1v) is 6.87. The summed E-state index contributed by atoms with van der Waals surface area (Å²) in [5.74, 6) is -0.135. The first kappa shape index (κ1) is 15.5. The van der Waals surface area contributed by atoms with Crippen molar-refractivity contribution in [2.75, 3.05) is 24.3 Å². The van der Waals surface area contributed by atoms with E-state index in [0.29, 0.717) is 12.3 Å². The molecule has 4 heteroatoms. The molecule has 0 aliphatic rings. The molecule has 0 spiro atoms. The highest BCUT2D eigenvalue weighted by Gasteiger charge is 2.05. The topological polar surface area (TPSA) is 64.3 Å². The molecule has 4 nitrogen and oxygen atoms in total. The van der Waals surface area contributed by atoms with Crippen LogP contribution in [-0.2, 0) is 9.53 Å². The Labute approximate surface area is 115 Å². The van der Waals surface area contributed by atoms with Gasteiger partial charge in [0.1, 0.15) is 6.61 Å². The largest absolute Gasteiger partial charge is 0.399 e. The van der Waals surface area contributed by atoms with Crippen LogP contribution in [-0.4, -0.2) is 19.1 Å². The van der Waals surface area contributed by atoms with E-state index in [1.54, 1.807) is 6.07 Å². The van der Waals surface area contributed by atoms with Gasteiger partial charge in [-0.2, -0.15) is 0 Å². The fraction of sp³-hybridized carbons (Fsp3) is 0.533. The molecule has 0 saturated carbocycles. The number of ether oxygens (including phenoxy) is 1. The average Bonchev–Trinajstić information content (AvgIpc) is 2.38. The number of rotatable bonds is 8. The molecule has 1 rings (SSSR count). The number of unbranched alkanes of at least 4 members (excludes halogenated alkanes) is 3. The molecule has 106 valence electrons. The van der Waals surface area contributed by atoms with E-state index in [4.69, 9.17) is 10.5 Å². The van der Waals surface area contributed by atoms with Crippen molar-refractivity contribution < 1.29 is 9.53 Å². The van der Waals surface area contributed by atoms with Crippen LogP contribution in [0.15, 0.2) is 18.2 Å². The first-order chi connectivity index (χ1) is 9.13. The Hall–Kier alpha value is -1.55. The maximum atomic E-state index is 11.7. The van der Waals surface area contributed by atoms with E-state index in [0.717, 1.165) is 24.1 Å². The van der Waals surface area contributed by atoms with E-state index in [1.165, 1.54) is 12.8 Å². The lowest BCUT2D eigenvalue weighted by Crippen LogP contribution is -2.19. The molecule has 1 amide bonds. The zero-order valence-corrected chi connectivity index (χ0v) is 11.9. The van der Waals surface area contributed by atoms with Crippen molar-refractivity contribution in [1.29, 1.82) is 0 Å². The number of hydrogen-bond donors (Lipinski definition) is 2. The van der Waals surface area contributed by atoms with Gasteiger partial charge >= 0.3 is 0 Å². The number of anilines is 2. The zero-order valence-electron chi connectivity index (χ0n) is 11.9. The van der Waals surface area contributed by atoms with Crippen LogP contribution in [0, 0.1) is 6.92 Å². The molecule has 1 aromatic carbocycles. The summed E-state index contributed by atoms with van der Waals surface area (Å²) in [7, 11) is 0. The number of amides is 1. The Morgan fingerprint density at radius 1 is 1.32 bits per heavy atom. The van der Waals surface area contributed by atoms with Gasteiger partial charge in [0.05, 0.1) is 0 Å². The highest BCUT2D eigenvalue weighted by atomic mass is 16.5. The van der Waals surface area contributed by atoms with Crippen LogP contribution in [0.1, 0.15) is 38.2 Å². The summed E-state index contributed by atoms with van der Waals surface area (Å²) in [5.41, 5.74) is 8.07. The Morgan fingerprint density at radius 2 is 2.11 bits per heavy atom. The molecule has 0 unspecified atom stereocenters. The molecule has 0 aliphatic carbocycles. The van der Waals surface area contributed by atoms with Crippen LogP contribution in [0.2, 0.25) is 0 Å². The highest BCUT2D eigenvalue weighted by molar-refractivity contribution is 5.92. The van der Waals surface area contributed by atoms with Gasteiger partial charge in [0.25, 0.3) is 0 Å². The van der Waals surface area contributed by atoms with Gasteiger partial charge in [0, 0.05) is 18.0 Å². The van der Waals surface area contributed by atoms with E-state index < -0.39 is 0 Å². The Kier molecular flexibility index (Phi) is 6.97. The number of benzene rings is 1. The molecule has 0 radical (unpaired) electrons. The lowest BCUT2D eigenvalue weighted by Gasteiger charge is -2.09. The van der Waals surface area contributed by atoms with Gasteiger partial charge in [-0.15, -0.1) is 0 Å². The average molecular weight is 264 g/mol. The molecule has 0 saturated heterocycles. The SMILES string of the molecule is CCCCCCOCC(=O)Nc1cc(N)ccc1C. The first-order valence-electron chi connectivity index (χ1n) is 6.87. The maximum Gasteiger partial charge on any atom is 0.250 e. The third kappa shape index (κ3) is 6.25. The second-order valence-electron chi connectivity index (χ2n) is 4.74. The third-order valence-electron chi connectivity index (χ3n) is 2.91. The molecule has 0 aromatic heterocycles. The van der Waals surface area contributed by atoms with Gasteiger partial charge in [-0.25, -0.2) is 0 Å². The van der Waals surface area contributed by atoms with Crippen molar-refractivity contribution >= 4 is 17.3 Å². The minimum atomic E-state index is -0.135. The van der Waals surface area contributed by atoms with Gasteiger partial charge in [-0.1, -0.05) is 32.3 Å². The molecular weight excluding hydrogens is 240 g/mol. The van der Waals surface area contributed by atoms with Crippen molar-refractivity contribution in [2.24, 2.45) is 0 Å². The molecular formula is C15H24N2O2. The van der Waals surface area contributed by atoms with Crippen LogP contribution in [0.3, 0.4) is 0 Å². The number of nitrogens with one attached hydrogen (secondary N) is 1. The van der Waals surface area contributed by atoms with Crippen LogP contribution >= 0.6 is 0 Å². The smallest absolute Gasteiger partial charge is 0.250 e. The normalized spacial score (nSPS) is 10.4. The monoisotopic (exact) mass is 264 g/mol. The van der Waals surface area contributed by atoms with Crippen molar-refractivity contribution in [1.82, 2.24) is 0 Å². The number of carbonyl (C=O) groups excluding carboxylic acids is 1. The Balaban J connectivity index is 2.25. The predicted octanol–water partition coefficient (Wildman–Crippen LogP) is 3.11. The number of nitrogens with two attached hydrogens (primary N) is 1. The number of hydrogen-bond acceptors (Lipinski definition) is 3. The summed E-state index contributed by atoms with van der Waals surface area (Å²) in [5, 5.41) is 2.81. The lowest BCUT2D eigenvalue weighted by atomic mass is 10.2. The molecule has 3 N–H and O–H groups in total. The molecule has 0 bridgehead atoms. The molecule has 0 fully saturated rings. The van der Waals surface area contributed by atoms with E-state index in [1.807, 2.05) is 19.1 Å². The summed E-state index contributed by atoms with van der Waals surface area (Å²) in [6, 6.07) is 5.46. The molecule has 0 aliphatic heterocycles.